The van der Waals surface area contributed by atoms with Gasteiger partial charge in [-0.2, -0.15) is 0 Å². The maximum atomic E-state index is 6.68. The first-order valence-electron chi connectivity index (χ1n) is 2.58. The molecule has 1 nitrogen and oxygen atoms in total. The minimum Gasteiger partial charge on any atom is -0.309 e. The van der Waals surface area contributed by atoms with Crippen molar-refractivity contribution in [2.75, 3.05) is 0 Å². The summed E-state index contributed by atoms with van der Waals surface area (Å²) in [5.41, 5.74) is 1.18. The molecule has 0 atom stereocenters. The molecule has 0 rings (SSSR count). The Kier molecular flexibility index (Phi) is 3.85. The number of rotatable bonds is 3. The lowest BCUT2D eigenvalue weighted by atomic mass is 10.2. The Balaban J connectivity index is 3.60. The first-order valence-corrected chi connectivity index (χ1v) is 2.58. The second-order valence-electron chi connectivity index (χ2n) is 1.67. The summed E-state index contributed by atoms with van der Waals surface area (Å²) in [5.74, 6) is 0. The van der Waals surface area contributed by atoms with E-state index in [0.717, 1.165) is 6.42 Å². The van der Waals surface area contributed by atoms with E-state index in [1.807, 2.05) is 13.0 Å². The second kappa shape index (κ2) is 4.31. The van der Waals surface area contributed by atoms with E-state index in [1.54, 1.807) is 6.08 Å². The number of allylic oxidation sites excluding steroid dienone is 3. The van der Waals surface area contributed by atoms with Crippen LogP contribution in [0.2, 0.25) is 0 Å². The summed E-state index contributed by atoms with van der Waals surface area (Å²) in [6.07, 6.45) is 5.77. The third-order valence-corrected chi connectivity index (χ3v) is 0.834. The van der Waals surface area contributed by atoms with Crippen LogP contribution < -0.4 is 0 Å². The molecule has 0 aromatic heterocycles. The zero-order valence-electron chi connectivity index (χ0n) is 5.15. The predicted molar refractivity (Wildman–Crippen MR) is 37.4 cm³/mol. The minimum atomic E-state index is 0.884. The molecule has 8 heavy (non-hydrogen) atoms. The topological polar surface area (TPSA) is 23.9 Å². The fraction of sp³-hybridized carbons (Fsp3) is 0.286. The average Bonchev–Trinajstić information content (AvgIpc) is 1.68. The molecule has 0 aromatic rings. The van der Waals surface area contributed by atoms with Gasteiger partial charge in [0, 0.05) is 6.21 Å². The van der Waals surface area contributed by atoms with E-state index < -0.39 is 0 Å². The highest BCUT2D eigenvalue weighted by Gasteiger charge is 1.78. The van der Waals surface area contributed by atoms with Gasteiger partial charge in [0.25, 0.3) is 0 Å². The van der Waals surface area contributed by atoms with E-state index in [4.69, 9.17) is 5.41 Å². The minimum absolute atomic E-state index is 0.884. The third-order valence-electron chi connectivity index (χ3n) is 0.834. The van der Waals surface area contributed by atoms with Crippen molar-refractivity contribution in [3.05, 3.63) is 24.3 Å². The molecule has 0 aliphatic heterocycles. The fourth-order valence-corrected chi connectivity index (χ4v) is 0.438. The van der Waals surface area contributed by atoms with Crippen LogP contribution in [-0.4, -0.2) is 6.21 Å². The van der Waals surface area contributed by atoms with Crippen molar-refractivity contribution in [3.8, 4) is 0 Å². The largest absolute Gasteiger partial charge is 0.309 e. The summed E-state index contributed by atoms with van der Waals surface area (Å²) < 4.78 is 0. The van der Waals surface area contributed by atoms with Crippen LogP contribution in [-0.2, 0) is 0 Å². The van der Waals surface area contributed by atoms with Gasteiger partial charge in [-0.15, -0.1) is 6.58 Å². The van der Waals surface area contributed by atoms with Gasteiger partial charge in [0.2, 0.25) is 0 Å². The van der Waals surface area contributed by atoms with Crippen molar-refractivity contribution < 1.29 is 0 Å². The van der Waals surface area contributed by atoms with E-state index in [9.17, 15) is 0 Å². The van der Waals surface area contributed by atoms with Gasteiger partial charge in [-0.1, -0.05) is 11.6 Å². The molecular weight excluding hydrogens is 98.1 g/mol. The molecule has 0 amide bonds. The van der Waals surface area contributed by atoms with Crippen LogP contribution in [0.4, 0.5) is 0 Å². The van der Waals surface area contributed by atoms with Crippen LogP contribution in [0.1, 0.15) is 13.3 Å². The highest BCUT2D eigenvalue weighted by molar-refractivity contribution is 5.68. The summed E-state index contributed by atoms with van der Waals surface area (Å²) in [7, 11) is 0. The Hall–Kier alpha value is -0.850. The molecule has 0 radical (unpaired) electrons. The van der Waals surface area contributed by atoms with Gasteiger partial charge >= 0.3 is 0 Å². The van der Waals surface area contributed by atoms with Gasteiger partial charge in [0.1, 0.15) is 0 Å². The monoisotopic (exact) mass is 109 g/mol. The zero-order valence-corrected chi connectivity index (χ0v) is 5.15. The van der Waals surface area contributed by atoms with Gasteiger partial charge in [-0.3, -0.25) is 0 Å². The smallest absolute Gasteiger partial charge is 0.0177 e. The lowest BCUT2D eigenvalue weighted by Crippen LogP contribution is -1.71. The molecule has 0 heterocycles. The molecule has 0 spiro atoms. The van der Waals surface area contributed by atoms with Crippen LogP contribution in [0.25, 0.3) is 0 Å². The highest BCUT2D eigenvalue weighted by Crippen LogP contribution is 1.96. The Bertz CT molecular complexity index is 112. The lowest BCUT2D eigenvalue weighted by molar-refractivity contribution is 1.22. The molecule has 1 heteroatoms. The van der Waals surface area contributed by atoms with Crippen LogP contribution in [0.15, 0.2) is 24.3 Å². The molecule has 0 fully saturated rings. The van der Waals surface area contributed by atoms with E-state index >= 15 is 0 Å². The average molecular weight is 109 g/mol. The summed E-state index contributed by atoms with van der Waals surface area (Å²) in [4.78, 5) is 0. The molecule has 1 N–H and O–H groups in total. The van der Waals surface area contributed by atoms with Crippen LogP contribution in [0.3, 0.4) is 0 Å². The Labute approximate surface area is 50.2 Å². The first-order chi connectivity index (χ1) is 3.81. The SMILES string of the molecule is C=CC/C(C)=C/C=N. The quantitative estimate of drug-likeness (QED) is 0.424. The zero-order chi connectivity index (χ0) is 6.41. The molecule has 0 aromatic carbocycles. The van der Waals surface area contributed by atoms with Crippen molar-refractivity contribution in [1.29, 1.82) is 5.41 Å². The summed E-state index contributed by atoms with van der Waals surface area (Å²) in [6, 6.07) is 0. The molecule has 0 unspecified atom stereocenters. The molecule has 0 aliphatic carbocycles. The van der Waals surface area contributed by atoms with Crippen molar-refractivity contribution >= 4 is 6.21 Å². The maximum Gasteiger partial charge on any atom is 0.0177 e. The maximum absolute atomic E-state index is 6.68. The fourth-order valence-electron chi connectivity index (χ4n) is 0.438. The molecule has 0 aliphatic rings. The van der Waals surface area contributed by atoms with Gasteiger partial charge in [0.05, 0.1) is 0 Å². The van der Waals surface area contributed by atoms with Gasteiger partial charge < -0.3 is 5.41 Å². The standard InChI is InChI=1S/C7H11N/c1-3-4-7(2)5-6-8/h3,5-6,8H,1,4H2,2H3/b7-5+,8-6?. The number of hydrogen-bond acceptors (Lipinski definition) is 1. The lowest BCUT2D eigenvalue weighted by Gasteiger charge is -1.87. The van der Waals surface area contributed by atoms with Crippen molar-refractivity contribution in [3.63, 3.8) is 0 Å². The molecule has 0 saturated heterocycles. The molecule has 0 bridgehead atoms. The third kappa shape index (κ3) is 3.34. The Morgan fingerprint density at radius 3 is 2.75 bits per heavy atom. The van der Waals surface area contributed by atoms with E-state index in [0.29, 0.717) is 0 Å². The van der Waals surface area contributed by atoms with Gasteiger partial charge in [-0.05, 0) is 19.4 Å². The van der Waals surface area contributed by atoms with Crippen LogP contribution in [0, 0.1) is 5.41 Å². The highest BCUT2D eigenvalue weighted by atomic mass is 14.3. The van der Waals surface area contributed by atoms with Crippen molar-refractivity contribution in [1.82, 2.24) is 0 Å². The summed E-state index contributed by atoms with van der Waals surface area (Å²) in [6.45, 7) is 5.55. The summed E-state index contributed by atoms with van der Waals surface area (Å²) in [5, 5.41) is 6.68. The normalized spacial score (nSPS) is 10.9. The number of nitrogens with one attached hydrogen (secondary N) is 1. The van der Waals surface area contributed by atoms with Crippen LogP contribution >= 0.6 is 0 Å². The van der Waals surface area contributed by atoms with Crippen molar-refractivity contribution in [2.24, 2.45) is 0 Å². The molecule has 0 saturated carbocycles. The van der Waals surface area contributed by atoms with E-state index in [-0.39, 0.29) is 0 Å². The van der Waals surface area contributed by atoms with Crippen LogP contribution in [0.5, 0.6) is 0 Å². The Morgan fingerprint density at radius 1 is 1.75 bits per heavy atom. The molecule has 44 valence electrons. The van der Waals surface area contributed by atoms with Crippen molar-refractivity contribution in [2.45, 2.75) is 13.3 Å². The van der Waals surface area contributed by atoms with Gasteiger partial charge in [-0.25, -0.2) is 0 Å². The van der Waals surface area contributed by atoms with Gasteiger partial charge in [0.15, 0.2) is 0 Å². The predicted octanol–water partition coefficient (Wildman–Crippen LogP) is 2.16. The second-order valence-corrected chi connectivity index (χ2v) is 1.67. The first kappa shape index (κ1) is 7.15. The Morgan fingerprint density at radius 2 is 2.38 bits per heavy atom. The van der Waals surface area contributed by atoms with E-state index in [1.165, 1.54) is 11.8 Å². The number of hydrogen-bond donors (Lipinski definition) is 1. The summed E-state index contributed by atoms with van der Waals surface area (Å²) >= 11 is 0. The van der Waals surface area contributed by atoms with E-state index in [2.05, 4.69) is 6.58 Å². The molecular formula is C7H11N.